The number of hydrogen-bond acceptors (Lipinski definition) is 4. The zero-order chi connectivity index (χ0) is 19.8. The molecule has 0 aliphatic heterocycles. The van der Waals surface area contributed by atoms with Crippen molar-refractivity contribution in [1.29, 1.82) is 0 Å². The largest absolute Gasteiger partial charge is 0.438 e. The van der Waals surface area contributed by atoms with E-state index in [1.807, 2.05) is 0 Å². The molecule has 1 aromatic rings. The van der Waals surface area contributed by atoms with Crippen molar-refractivity contribution in [3.8, 4) is 0 Å². The van der Waals surface area contributed by atoms with E-state index in [1.165, 1.54) is 0 Å². The van der Waals surface area contributed by atoms with Crippen molar-refractivity contribution < 1.29 is 48.8 Å². The molecule has 0 atom stereocenters. The number of carbonyl (C=O) groups is 1. The van der Waals surface area contributed by atoms with Crippen LogP contribution in [0.2, 0.25) is 5.02 Å². The zero-order valence-corrected chi connectivity index (χ0v) is 13.2. The van der Waals surface area contributed by atoms with Crippen molar-refractivity contribution in [1.82, 2.24) is 0 Å². The number of rotatable bonds is 4. The van der Waals surface area contributed by atoms with Gasteiger partial charge < -0.3 is 4.74 Å². The van der Waals surface area contributed by atoms with Crippen LogP contribution < -0.4 is 5.46 Å². The minimum absolute atomic E-state index is 0.240. The predicted octanol–water partition coefficient (Wildman–Crippen LogP) is 2.04. The summed E-state index contributed by atoms with van der Waals surface area (Å²) in [7, 11) is -0.613. The van der Waals surface area contributed by atoms with E-state index in [0.717, 1.165) is 12.1 Å². The quantitative estimate of drug-likeness (QED) is 0.356. The molecule has 14 heteroatoms. The zero-order valence-electron chi connectivity index (χ0n) is 11.7. The standard InChI is InChI=1S/C11H6BClF6O5S/c12-5-1-2-7(13)6(3-5)8(20)24-9(10(14,15)16,11(17,18)19)4-25(21,22)23/h1-3H,4H2,(H,21,22,23). The fourth-order valence-corrected chi connectivity index (χ4v) is 2.73. The summed E-state index contributed by atoms with van der Waals surface area (Å²) in [5.41, 5.74) is -6.72. The lowest BCUT2D eigenvalue weighted by Gasteiger charge is -2.35. The van der Waals surface area contributed by atoms with Crippen LogP contribution in [0.25, 0.3) is 0 Å². The molecular formula is C11H6BClF6O5S. The summed E-state index contributed by atoms with van der Waals surface area (Å²) in [5, 5.41) is -0.593. The first kappa shape index (κ1) is 21.6. The highest BCUT2D eigenvalue weighted by Gasteiger charge is 2.76. The van der Waals surface area contributed by atoms with Gasteiger partial charge in [-0.1, -0.05) is 29.2 Å². The van der Waals surface area contributed by atoms with E-state index < -0.39 is 50.4 Å². The van der Waals surface area contributed by atoms with E-state index in [2.05, 4.69) is 4.74 Å². The van der Waals surface area contributed by atoms with Gasteiger partial charge in [-0.2, -0.15) is 34.8 Å². The molecule has 0 amide bonds. The van der Waals surface area contributed by atoms with Crippen molar-refractivity contribution in [3.05, 3.63) is 28.8 Å². The highest BCUT2D eigenvalue weighted by molar-refractivity contribution is 7.85. The minimum Gasteiger partial charge on any atom is -0.435 e. The van der Waals surface area contributed by atoms with Crippen molar-refractivity contribution >= 4 is 41.0 Å². The molecule has 0 aliphatic rings. The molecule has 1 rings (SSSR count). The van der Waals surface area contributed by atoms with Gasteiger partial charge in [-0.05, 0) is 6.07 Å². The van der Waals surface area contributed by atoms with E-state index in [9.17, 15) is 39.6 Å². The van der Waals surface area contributed by atoms with Crippen LogP contribution in [-0.2, 0) is 14.9 Å². The van der Waals surface area contributed by atoms with Crippen molar-refractivity contribution in [3.63, 3.8) is 0 Å². The maximum Gasteiger partial charge on any atom is 0.438 e. The Morgan fingerprint density at radius 1 is 1.16 bits per heavy atom. The van der Waals surface area contributed by atoms with Gasteiger partial charge in [-0.15, -0.1) is 0 Å². The number of alkyl halides is 6. The number of halogens is 7. The Hall–Kier alpha value is -1.47. The van der Waals surface area contributed by atoms with Crippen LogP contribution in [0.4, 0.5) is 26.3 Å². The molecule has 0 bridgehead atoms. The summed E-state index contributed by atoms with van der Waals surface area (Å²) in [6, 6.07) is 2.63. The van der Waals surface area contributed by atoms with Gasteiger partial charge in [0.1, 0.15) is 13.6 Å². The second-order valence-corrected chi connectivity index (χ2v) is 6.54. The van der Waals surface area contributed by atoms with Crippen molar-refractivity contribution in [2.24, 2.45) is 0 Å². The minimum atomic E-state index is -6.43. The monoisotopic (exact) mass is 410 g/mol. The second-order valence-electron chi connectivity index (χ2n) is 4.68. The highest BCUT2D eigenvalue weighted by Crippen LogP contribution is 2.47. The van der Waals surface area contributed by atoms with E-state index in [-0.39, 0.29) is 5.46 Å². The molecular weight excluding hydrogens is 404 g/mol. The van der Waals surface area contributed by atoms with Gasteiger partial charge in [-0.25, -0.2) is 4.79 Å². The average Bonchev–Trinajstić information content (AvgIpc) is 2.36. The molecule has 0 saturated heterocycles. The summed E-state index contributed by atoms with van der Waals surface area (Å²) in [5.74, 6) is -5.23. The SMILES string of the molecule is [B]c1ccc(Cl)c(C(=O)OC(CS(=O)(=O)O)(C(F)(F)F)C(F)(F)F)c1. The Balaban J connectivity index is 3.53. The Morgan fingerprint density at radius 3 is 2.04 bits per heavy atom. The topological polar surface area (TPSA) is 80.7 Å². The fraction of sp³-hybridized carbons (Fsp3) is 0.364. The normalized spacial score (nSPS) is 13.6. The van der Waals surface area contributed by atoms with Gasteiger partial charge in [-0.3, -0.25) is 4.55 Å². The Bertz CT molecular complexity index is 762. The molecule has 138 valence electrons. The van der Waals surface area contributed by atoms with Crippen LogP contribution in [0.3, 0.4) is 0 Å². The Morgan fingerprint density at radius 2 is 1.64 bits per heavy atom. The van der Waals surface area contributed by atoms with Gasteiger partial charge >= 0.3 is 23.9 Å². The average molecular weight is 410 g/mol. The van der Waals surface area contributed by atoms with E-state index in [1.54, 1.807) is 0 Å². The molecule has 0 unspecified atom stereocenters. The van der Waals surface area contributed by atoms with Crippen LogP contribution >= 0.6 is 11.6 Å². The fourth-order valence-electron chi connectivity index (χ4n) is 1.64. The number of hydrogen-bond donors (Lipinski definition) is 1. The first-order valence-corrected chi connectivity index (χ1v) is 7.86. The van der Waals surface area contributed by atoms with Crippen LogP contribution in [0.15, 0.2) is 18.2 Å². The lowest BCUT2D eigenvalue weighted by molar-refractivity contribution is -0.356. The molecule has 0 spiro atoms. The molecule has 0 saturated carbocycles. The van der Waals surface area contributed by atoms with Crippen LogP contribution in [0, 0.1) is 0 Å². The third-order valence-electron chi connectivity index (χ3n) is 2.78. The van der Waals surface area contributed by atoms with Crippen molar-refractivity contribution in [2.75, 3.05) is 5.75 Å². The first-order valence-electron chi connectivity index (χ1n) is 5.87. The molecule has 25 heavy (non-hydrogen) atoms. The summed E-state index contributed by atoms with van der Waals surface area (Å²) in [6.07, 6.45) is -12.9. The van der Waals surface area contributed by atoms with Gasteiger partial charge in [0.15, 0.2) is 0 Å². The second kappa shape index (κ2) is 6.69. The number of carbonyl (C=O) groups excluding carboxylic acids is 1. The van der Waals surface area contributed by atoms with Crippen LogP contribution in [0.5, 0.6) is 0 Å². The van der Waals surface area contributed by atoms with Gasteiger partial charge in [0, 0.05) is 0 Å². The number of esters is 1. The number of benzene rings is 1. The van der Waals surface area contributed by atoms with Crippen LogP contribution in [-0.4, -0.2) is 50.5 Å². The third kappa shape index (κ3) is 4.79. The summed E-state index contributed by atoms with van der Waals surface area (Å²) in [4.78, 5) is 11.8. The van der Waals surface area contributed by atoms with Gasteiger partial charge in [0.05, 0.1) is 10.6 Å². The van der Waals surface area contributed by atoms with Crippen molar-refractivity contribution in [2.45, 2.75) is 18.0 Å². The molecule has 0 aromatic heterocycles. The first-order chi connectivity index (χ1) is 11.0. The van der Waals surface area contributed by atoms with E-state index >= 15 is 0 Å². The molecule has 2 radical (unpaired) electrons. The van der Waals surface area contributed by atoms with E-state index in [4.69, 9.17) is 24.0 Å². The lowest BCUT2D eigenvalue weighted by atomic mass is 9.94. The molecule has 0 fully saturated rings. The lowest BCUT2D eigenvalue weighted by Crippen LogP contribution is -2.63. The predicted molar refractivity (Wildman–Crippen MR) is 73.5 cm³/mol. The maximum absolute atomic E-state index is 13.0. The molecule has 1 aromatic carbocycles. The highest BCUT2D eigenvalue weighted by atomic mass is 35.5. The van der Waals surface area contributed by atoms with Gasteiger partial charge in [0.25, 0.3) is 10.1 Å². The molecule has 5 nitrogen and oxygen atoms in total. The maximum atomic E-state index is 13.0. The number of ether oxygens (including phenoxy) is 1. The Kier molecular flexibility index (Phi) is 5.77. The van der Waals surface area contributed by atoms with E-state index in [0.29, 0.717) is 6.07 Å². The Labute approximate surface area is 143 Å². The smallest absolute Gasteiger partial charge is 0.435 e. The van der Waals surface area contributed by atoms with Gasteiger partial charge in [0.2, 0.25) is 0 Å². The summed E-state index contributed by atoms with van der Waals surface area (Å²) < 4.78 is 112. The third-order valence-corrected chi connectivity index (χ3v) is 3.88. The summed E-state index contributed by atoms with van der Waals surface area (Å²) in [6.45, 7) is 0. The molecule has 0 aliphatic carbocycles. The summed E-state index contributed by atoms with van der Waals surface area (Å²) >= 11 is 5.50. The molecule has 0 heterocycles. The van der Waals surface area contributed by atoms with Crippen LogP contribution in [0.1, 0.15) is 10.4 Å². The molecule has 1 N–H and O–H groups in total.